The number of H-pyrrole nitrogens is 1. The van der Waals surface area contributed by atoms with E-state index in [1.54, 1.807) is 0 Å². The summed E-state index contributed by atoms with van der Waals surface area (Å²) in [6.07, 6.45) is 5.79. The van der Waals surface area contributed by atoms with Crippen LogP contribution in [0.3, 0.4) is 0 Å². The fraction of sp³-hybridized carbons (Fsp3) is 0.727. The Morgan fingerprint density at radius 2 is 2.36 bits per heavy atom. The monoisotopic (exact) mass is 193 g/mol. The number of aromatic nitrogens is 2. The van der Waals surface area contributed by atoms with Gasteiger partial charge in [-0.15, -0.1) is 0 Å². The molecular weight excluding hydrogens is 174 g/mol. The van der Waals surface area contributed by atoms with Crippen LogP contribution in [0.25, 0.3) is 0 Å². The Morgan fingerprint density at radius 3 is 3.00 bits per heavy atom. The molecular formula is C11H19N3. The summed E-state index contributed by atoms with van der Waals surface area (Å²) in [6.45, 7) is 5.77. The molecule has 1 atom stereocenters. The molecule has 3 heteroatoms. The van der Waals surface area contributed by atoms with Crippen LogP contribution in [0.4, 0.5) is 0 Å². The second-order valence-corrected chi connectivity index (χ2v) is 4.36. The highest BCUT2D eigenvalue weighted by Crippen LogP contribution is 2.30. The molecule has 0 bridgehead atoms. The van der Waals surface area contributed by atoms with Crippen LogP contribution >= 0.6 is 0 Å². The quantitative estimate of drug-likeness (QED) is 0.781. The lowest BCUT2D eigenvalue weighted by Crippen LogP contribution is -2.38. The van der Waals surface area contributed by atoms with Gasteiger partial charge in [0.25, 0.3) is 0 Å². The number of nitrogens with one attached hydrogen (secondary N) is 1. The van der Waals surface area contributed by atoms with Crippen LogP contribution in [0.5, 0.6) is 0 Å². The van der Waals surface area contributed by atoms with Gasteiger partial charge < -0.3 is 0 Å². The Labute approximate surface area is 85.5 Å². The molecule has 1 N–H and O–H groups in total. The lowest BCUT2D eigenvalue weighted by Gasteiger charge is -2.37. The molecule has 0 spiro atoms. The van der Waals surface area contributed by atoms with Gasteiger partial charge in [0, 0.05) is 12.2 Å². The van der Waals surface area contributed by atoms with Gasteiger partial charge in [-0.3, -0.25) is 10.00 Å². The summed E-state index contributed by atoms with van der Waals surface area (Å²) in [5.74, 6) is 0. The molecule has 2 rings (SSSR count). The summed E-state index contributed by atoms with van der Waals surface area (Å²) < 4.78 is 0. The van der Waals surface area contributed by atoms with Gasteiger partial charge in [-0.2, -0.15) is 5.10 Å². The summed E-state index contributed by atoms with van der Waals surface area (Å²) in [5.41, 5.74) is 1.28. The predicted octanol–water partition coefficient (Wildman–Crippen LogP) is 2.35. The van der Waals surface area contributed by atoms with Crippen molar-refractivity contribution in [3.05, 3.63) is 18.0 Å². The minimum atomic E-state index is 0.561. The molecule has 1 saturated heterocycles. The highest BCUT2D eigenvalue weighted by atomic mass is 15.2. The Morgan fingerprint density at radius 1 is 1.50 bits per heavy atom. The molecule has 2 heterocycles. The van der Waals surface area contributed by atoms with Crippen molar-refractivity contribution in [1.29, 1.82) is 0 Å². The first-order valence-corrected chi connectivity index (χ1v) is 5.54. The molecule has 1 aliphatic heterocycles. The van der Waals surface area contributed by atoms with E-state index < -0.39 is 0 Å². The van der Waals surface area contributed by atoms with Gasteiger partial charge in [-0.1, -0.05) is 6.42 Å². The standard InChI is InChI=1S/C11H19N3/c1-9(2)14-8-4-3-5-11(14)10-6-7-12-13-10/h6-7,9,11H,3-5,8H2,1-2H3,(H,12,13)/t11-/m0/s1. The Bertz CT molecular complexity index is 266. The molecule has 0 amide bonds. The number of hydrogen-bond acceptors (Lipinski definition) is 2. The fourth-order valence-electron chi connectivity index (χ4n) is 2.36. The van der Waals surface area contributed by atoms with Crippen molar-refractivity contribution in [3.63, 3.8) is 0 Å². The number of hydrogen-bond donors (Lipinski definition) is 1. The second kappa shape index (κ2) is 4.13. The van der Waals surface area contributed by atoms with Crippen LogP contribution in [0.1, 0.15) is 44.8 Å². The predicted molar refractivity (Wildman–Crippen MR) is 57.0 cm³/mol. The third-order valence-electron chi connectivity index (χ3n) is 3.09. The SMILES string of the molecule is CC(C)N1CCCC[C@H]1c1ccn[nH]1. The molecule has 1 fully saturated rings. The number of likely N-dealkylation sites (tertiary alicyclic amines) is 1. The first-order valence-electron chi connectivity index (χ1n) is 5.54. The van der Waals surface area contributed by atoms with Gasteiger partial charge in [0.1, 0.15) is 0 Å². The first-order chi connectivity index (χ1) is 6.79. The van der Waals surface area contributed by atoms with Crippen LogP contribution in [-0.2, 0) is 0 Å². The topological polar surface area (TPSA) is 31.9 Å². The molecule has 0 aromatic carbocycles. The first kappa shape index (κ1) is 9.71. The maximum Gasteiger partial charge on any atom is 0.0523 e. The molecule has 14 heavy (non-hydrogen) atoms. The summed E-state index contributed by atoms with van der Waals surface area (Å²) >= 11 is 0. The van der Waals surface area contributed by atoms with Gasteiger partial charge in [-0.05, 0) is 39.3 Å². The maximum absolute atomic E-state index is 4.04. The van der Waals surface area contributed by atoms with E-state index >= 15 is 0 Å². The van der Waals surface area contributed by atoms with Gasteiger partial charge in [-0.25, -0.2) is 0 Å². The highest BCUT2D eigenvalue weighted by molar-refractivity contribution is 5.06. The molecule has 78 valence electrons. The Hall–Kier alpha value is -0.830. The lowest BCUT2D eigenvalue weighted by atomic mass is 9.98. The van der Waals surface area contributed by atoms with Crippen molar-refractivity contribution in [3.8, 4) is 0 Å². The molecule has 3 nitrogen and oxygen atoms in total. The normalized spacial score (nSPS) is 24.4. The van der Waals surface area contributed by atoms with E-state index in [0.29, 0.717) is 12.1 Å². The van der Waals surface area contributed by atoms with Crippen molar-refractivity contribution in [2.75, 3.05) is 6.54 Å². The summed E-state index contributed by atoms with van der Waals surface area (Å²) in [4.78, 5) is 2.57. The molecule has 0 radical (unpaired) electrons. The van der Waals surface area contributed by atoms with Crippen LogP contribution in [-0.4, -0.2) is 27.7 Å². The number of nitrogens with zero attached hydrogens (tertiary/aromatic N) is 2. The lowest BCUT2D eigenvalue weighted by molar-refractivity contribution is 0.109. The van der Waals surface area contributed by atoms with Crippen molar-refractivity contribution in [1.82, 2.24) is 15.1 Å². The Balaban J connectivity index is 2.14. The average molecular weight is 193 g/mol. The van der Waals surface area contributed by atoms with Crippen molar-refractivity contribution in [2.24, 2.45) is 0 Å². The van der Waals surface area contributed by atoms with Gasteiger partial charge in [0.15, 0.2) is 0 Å². The molecule has 1 aromatic heterocycles. The van der Waals surface area contributed by atoms with Crippen LogP contribution in [0.2, 0.25) is 0 Å². The average Bonchev–Trinajstić information content (AvgIpc) is 2.70. The fourth-order valence-corrected chi connectivity index (χ4v) is 2.36. The Kier molecular flexibility index (Phi) is 2.87. The molecule has 1 aliphatic rings. The largest absolute Gasteiger partial charge is 0.292 e. The van der Waals surface area contributed by atoms with E-state index in [1.807, 2.05) is 6.20 Å². The summed E-state index contributed by atoms with van der Waals surface area (Å²) in [6, 6.07) is 3.29. The molecule has 0 unspecified atom stereocenters. The zero-order valence-corrected chi connectivity index (χ0v) is 9.03. The number of aromatic amines is 1. The zero-order chi connectivity index (χ0) is 9.97. The number of piperidine rings is 1. The van der Waals surface area contributed by atoms with E-state index in [-0.39, 0.29) is 0 Å². The van der Waals surface area contributed by atoms with Crippen molar-refractivity contribution in [2.45, 2.75) is 45.2 Å². The van der Waals surface area contributed by atoms with Gasteiger partial charge in [0.2, 0.25) is 0 Å². The third-order valence-corrected chi connectivity index (χ3v) is 3.09. The zero-order valence-electron chi connectivity index (χ0n) is 9.03. The second-order valence-electron chi connectivity index (χ2n) is 4.36. The van der Waals surface area contributed by atoms with Gasteiger partial charge >= 0.3 is 0 Å². The maximum atomic E-state index is 4.04. The van der Waals surface area contributed by atoms with Crippen LogP contribution in [0.15, 0.2) is 12.3 Å². The number of rotatable bonds is 2. The van der Waals surface area contributed by atoms with Crippen molar-refractivity contribution < 1.29 is 0 Å². The summed E-state index contributed by atoms with van der Waals surface area (Å²) in [5, 5.41) is 7.14. The molecule has 0 saturated carbocycles. The highest BCUT2D eigenvalue weighted by Gasteiger charge is 2.26. The molecule has 1 aromatic rings. The third kappa shape index (κ3) is 1.82. The summed E-state index contributed by atoms with van der Waals surface area (Å²) in [7, 11) is 0. The van der Waals surface area contributed by atoms with E-state index in [0.717, 1.165) is 0 Å². The van der Waals surface area contributed by atoms with Crippen LogP contribution < -0.4 is 0 Å². The van der Waals surface area contributed by atoms with Crippen LogP contribution in [0, 0.1) is 0 Å². The molecule has 0 aliphatic carbocycles. The minimum Gasteiger partial charge on any atom is -0.292 e. The van der Waals surface area contributed by atoms with Gasteiger partial charge in [0.05, 0.1) is 11.7 Å². The smallest absolute Gasteiger partial charge is 0.0523 e. The van der Waals surface area contributed by atoms with E-state index in [9.17, 15) is 0 Å². The van der Waals surface area contributed by atoms with Crippen molar-refractivity contribution >= 4 is 0 Å². The van der Waals surface area contributed by atoms with E-state index in [1.165, 1.54) is 31.5 Å². The van der Waals surface area contributed by atoms with E-state index in [2.05, 4.69) is 35.0 Å². The van der Waals surface area contributed by atoms with E-state index in [4.69, 9.17) is 0 Å². The minimum absolute atomic E-state index is 0.561.